The average molecular weight is 146 g/mol. The minimum absolute atomic E-state index is 0.111. The molecule has 0 saturated carbocycles. The van der Waals surface area contributed by atoms with Gasteiger partial charge in [0, 0.05) is 0 Å². The molecule has 2 unspecified atom stereocenters. The summed E-state index contributed by atoms with van der Waals surface area (Å²) in [4.78, 5) is 0. The Balaban J connectivity index is 2.26. The first-order chi connectivity index (χ1) is 4.70. The van der Waals surface area contributed by atoms with Gasteiger partial charge in [-0.15, -0.1) is 0 Å². The predicted molar refractivity (Wildman–Crippen MR) is 36.8 cm³/mol. The van der Waals surface area contributed by atoms with E-state index in [4.69, 9.17) is 9.47 Å². The van der Waals surface area contributed by atoms with Crippen molar-refractivity contribution in [1.82, 2.24) is 0 Å². The third kappa shape index (κ3) is 1.94. The van der Waals surface area contributed by atoms with Crippen LogP contribution in [0.5, 0.6) is 0 Å². The molecule has 60 valence electrons. The first-order valence-corrected chi connectivity index (χ1v) is 3.61. The van der Waals surface area contributed by atoms with Crippen molar-refractivity contribution in [3.05, 3.63) is 0 Å². The minimum atomic E-state index is -0.428. The molecule has 1 aliphatic rings. The van der Waals surface area contributed by atoms with Crippen LogP contribution in [0.4, 0.5) is 0 Å². The molecule has 2 atom stereocenters. The number of aliphatic hydroxyl groups excluding tert-OH is 1. The molecule has 0 aromatic heterocycles. The van der Waals surface area contributed by atoms with Crippen LogP contribution in [0.1, 0.15) is 13.8 Å². The average Bonchev–Trinajstić information content (AvgIpc) is 2.15. The molecule has 0 aromatic rings. The van der Waals surface area contributed by atoms with Crippen molar-refractivity contribution < 1.29 is 14.6 Å². The molecule has 3 heteroatoms. The summed E-state index contributed by atoms with van der Waals surface area (Å²) < 4.78 is 10.3. The maximum absolute atomic E-state index is 9.19. The second-order valence-corrected chi connectivity index (χ2v) is 2.83. The van der Waals surface area contributed by atoms with Crippen LogP contribution in [0, 0.1) is 0 Å². The number of ether oxygens (including phenoxy) is 2. The molecule has 0 bridgehead atoms. The van der Waals surface area contributed by atoms with Crippen LogP contribution in [-0.4, -0.2) is 36.6 Å². The van der Waals surface area contributed by atoms with Crippen LogP contribution >= 0.6 is 0 Å². The van der Waals surface area contributed by atoms with Crippen LogP contribution in [0.25, 0.3) is 0 Å². The van der Waals surface area contributed by atoms with Gasteiger partial charge in [-0.25, -0.2) is 0 Å². The van der Waals surface area contributed by atoms with Crippen molar-refractivity contribution in [2.45, 2.75) is 32.2 Å². The van der Waals surface area contributed by atoms with Gasteiger partial charge in [-0.05, 0) is 13.8 Å². The summed E-state index contributed by atoms with van der Waals surface area (Å²) in [5, 5.41) is 9.19. The van der Waals surface area contributed by atoms with Crippen molar-refractivity contribution in [2.75, 3.05) is 13.2 Å². The van der Waals surface area contributed by atoms with Crippen LogP contribution in [-0.2, 0) is 9.47 Å². The van der Waals surface area contributed by atoms with E-state index in [9.17, 15) is 5.11 Å². The fourth-order valence-electron chi connectivity index (χ4n) is 1.00. The topological polar surface area (TPSA) is 38.7 Å². The normalized spacial score (nSPS) is 33.6. The Hall–Kier alpha value is -0.120. The van der Waals surface area contributed by atoms with Crippen molar-refractivity contribution in [3.63, 3.8) is 0 Å². The fourth-order valence-corrected chi connectivity index (χ4v) is 1.00. The van der Waals surface area contributed by atoms with Gasteiger partial charge in [0.1, 0.15) is 12.2 Å². The third-order valence-electron chi connectivity index (χ3n) is 1.45. The van der Waals surface area contributed by atoms with Crippen molar-refractivity contribution in [3.8, 4) is 0 Å². The highest BCUT2D eigenvalue weighted by molar-refractivity contribution is 4.74. The van der Waals surface area contributed by atoms with Gasteiger partial charge in [0.15, 0.2) is 0 Å². The maximum Gasteiger partial charge on any atom is 0.109 e. The molecular formula is C7H14O3. The number of hydrogen-bond acceptors (Lipinski definition) is 3. The molecule has 0 spiro atoms. The number of rotatable bonds is 2. The van der Waals surface area contributed by atoms with E-state index in [0.29, 0.717) is 13.2 Å². The molecule has 1 fully saturated rings. The number of hydrogen-bond donors (Lipinski definition) is 1. The molecule has 0 aromatic carbocycles. The van der Waals surface area contributed by atoms with E-state index in [1.165, 1.54) is 0 Å². The van der Waals surface area contributed by atoms with Crippen molar-refractivity contribution in [2.24, 2.45) is 0 Å². The van der Waals surface area contributed by atoms with E-state index in [-0.39, 0.29) is 12.2 Å². The second-order valence-electron chi connectivity index (χ2n) is 2.83. The lowest BCUT2D eigenvalue weighted by Gasteiger charge is -2.16. The predicted octanol–water partition coefficient (Wildman–Crippen LogP) is 0.171. The SMILES string of the molecule is CC(C)OC1COCC1O. The van der Waals surface area contributed by atoms with Crippen molar-refractivity contribution in [1.29, 1.82) is 0 Å². The largest absolute Gasteiger partial charge is 0.388 e. The Bertz CT molecular complexity index is 103. The summed E-state index contributed by atoms with van der Waals surface area (Å²) in [7, 11) is 0. The smallest absolute Gasteiger partial charge is 0.109 e. The Labute approximate surface area is 60.9 Å². The zero-order valence-electron chi connectivity index (χ0n) is 6.41. The lowest BCUT2D eigenvalue weighted by molar-refractivity contribution is -0.0410. The van der Waals surface area contributed by atoms with Gasteiger partial charge in [0.25, 0.3) is 0 Å². The Morgan fingerprint density at radius 2 is 2.20 bits per heavy atom. The first-order valence-electron chi connectivity index (χ1n) is 3.61. The summed E-state index contributed by atoms with van der Waals surface area (Å²) in [5.74, 6) is 0. The molecule has 3 nitrogen and oxygen atoms in total. The molecule has 1 aliphatic heterocycles. The van der Waals surface area contributed by atoms with E-state index in [1.807, 2.05) is 13.8 Å². The van der Waals surface area contributed by atoms with Crippen LogP contribution in [0.2, 0.25) is 0 Å². The third-order valence-corrected chi connectivity index (χ3v) is 1.45. The summed E-state index contributed by atoms with van der Waals surface area (Å²) in [5.41, 5.74) is 0. The lowest BCUT2D eigenvalue weighted by atomic mass is 10.2. The molecule has 1 rings (SSSR count). The highest BCUT2D eigenvalue weighted by atomic mass is 16.6. The van der Waals surface area contributed by atoms with Crippen LogP contribution in [0.15, 0.2) is 0 Å². The first kappa shape index (κ1) is 7.98. The van der Waals surface area contributed by atoms with E-state index in [0.717, 1.165) is 0 Å². The highest BCUT2D eigenvalue weighted by Crippen LogP contribution is 2.10. The summed E-state index contributed by atoms with van der Waals surface area (Å²) >= 11 is 0. The summed E-state index contributed by atoms with van der Waals surface area (Å²) in [6, 6.07) is 0. The van der Waals surface area contributed by atoms with Crippen molar-refractivity contribution >= 4 is 0 Å². The molecule has 0 aliphatic carbocycles. The Morgan fingerprint density at radius 1 is 1.50 bits per heavy atom. The van der Waals surface area contributed by atoms with E-state index >= 15 is 0 Å². The van der Waals surface area contributed by atoms with E-state index < -0.39 is 6.10 Å². The molecule has 1 heterocycles. The Morgan fingerprint density at radius 3 is 2.60 bits per heavy atom. The molecule has 10 heavy (non-hydrogen) atoms. The zero-order valence-corrected chi connectivity index (χ0v) is 6.41. The van der Waals surface area contributed by atoms with Gasteiger partial charge in [-0.1, -0.05) is 0 Å². The lowest BCUT2D eigenvalue weighted by Crippen LogP contribution is -2.29. The minimum Gasteiger partial charge on any atom is -0.388 e. The molecule has 0 amide bonds. The summed E-state index contributed by atoms with van der Waals surface area (Å²) in [6.07, 6.45) is -0.372. The van der Waals surface area contributed by atoms with Gasteiger partial charge in [-0.3, -0.25) is 0 Å². The van der Waals surface area contributed by atoms with Crippen LogP contribution < -0.4 is 0 Å². The molecule has 1 N–H and O–H groups in total. The van der Waals surface area contributed by atoms with Gasteiger partial charge < -0.3 is 14.6 Å². The maximum atomic E-state index is 9.19. The molecular weight excluding hydrogens is 132 g/mol. The highest BCUT2D eigenvalue weighted by Gasteiger charge is 2.27. The monoisotopic (exact) mass is 146 g/mol. The quantitative estimate of drug-likeness (QED) is 0.603. The van der Waals surface area contributed by atoms with Gasteiger partial charge in [0.05, 0.1) is 19.3 Å². The van der Waals surface area contributed by atoms with Gasteiger partial charge in [0.2, 0.25) is 0 Å². The molecule has 1 saturated heterocycles. The second kappa shape index (κ2) is 3.32. The zero-order chi connectivity index (χ0) is 7.56. The van der Waals surface area contributed by atoms with E-state index in [2.05, 4.69) is 0 Å². The van der Waals surface area contributed by atoms with E-state index in [1.54, 1.807) is 0 Å². The van der Waals surface area contributed by atoms with Gasteiger partial charge >= 0.3 is 0 Å². The Kier molecular flexibility index (Phi) is 2.65. The molecule has 0 radical (unpaired) electrons. The number of aliphatic hydroxyl groups is 1. The summed E-state index contributed by atoms with van der Waals surface area (Å²) in [6.45, 7) is 4.84. The van der Waals surface area contributed by atoms with Crippen LogP contribution in [0.3, 0.4) is 0 Å². The fraction of sp³-hybridized carbons (Fsp3) is 1.00. The van der Waals surface area contributed by atoms with Gasteiger partial charge in [-0.2, -0.15) is 0 Å². The standard InChI is InChI=1S/C7H14O3/c1-5(2)10-7-4-9-3-6(7)8/h5-8H,3-4H2,1-2H3.